The van der Waals surface area contributed by atoms with Crippen LogP contribution in [0.25, 0.3) is 5.57 Å². The second-order valence-corrected chi connectivity index (χ2v) is 5.23. The number of halogens is 1. The van der Waals surface area contributed by atoms with Gasteiger partial charge in [0.25, 0.3) is 0 Å². The highest BCUT2D eigenvalue weighted by Gasteiger charge is 2.37. The van der Waals surface area contributed by atoms with Crippen molar-refractivity contribution < 1.29 is 13.9 Å². The van der Waals surface area contributed by atoms with Gasteiger partial charge in [0, 0.05) is 12.8 Å². The van der Waals surface area contributed by atoms with E-state index in [4.69, 9.17) is 15.2 Å². The molecule has 0 saturated carbocycles. The van der Waals surface area contributed by atoms with Crippen LogP contribution in [0.2, 0.25) is 0 Å². The molecule has 1 heterocycles. The molecule has 3 nitrogen and oxygen atoms in total. The predicted molar refractivity (Wildman–Crippen MR) is 72.0 cm³/mol. The Morgan fingerprint density at radius 1 is 1.26 bits per heavy atom. The maximum absolute atomic E-state index is 13.6. The van der Waals surface area contributed by atoms with Gasteiger partial charge in [-0.25, -0.2) is 4.39 Å². The summed E-state index contributed by atoms with van der Waals surface area (Å²) in [6.45, 7) is 3.29. The summed E-state index contributed by atoms with van der Waals surface area (Å²) in [5.41, 5.74) is 8.89. The number of nitrogens with two attached hydrogens (primary N) is 1. The highest BCUT2D eigenvalue weighted by molar-refractivity contribution is 5.71. The van der Waals surface area contributed by atoms with Crippen molar-refractivity contribution in [1.29, 1.82) is 0 Å². The van der Waals surface area contributed by atoms with Gasteiger partial charge in [-0.1, -0.05) is 6.08 Å². The molecule has 102 valence electrons. The lowest BCUT2D eigenvalue weighted by Crippen LogP contribution is -2.31. The fraction of sp³-hybridized carbons (Fsp3) is 0.467. The first-order chi connectivity index (χ1) is 9.10. The Balaban J connectivity index is 1.88. The Morgan fingerprint density at radius 3 is 2.63 bits per heavy atom. The van der Waals surface area contributed by atoms with Gasteiger partial charge >= 0.3 is 0 Å². The summed E-state index contributed by atoms with van der Waals surface area (Å²) in [6, 6.07) is 3.23. The summed E-state index contributed by atoms with van der Waals surface area (Å²) >= 11 is 0. The molecule has 1 aliphatic heterocycles. The smallest absolute Gasteiger partial charge is 0.172 e. The Kier molecular flexibility index (Phi) is 3.07. The van der Waals surface area contributed by atoms with Crippen molar-refractivity contribution >= 4 is 11.3 Å². The first-order valence-electron chi connectivity index (χ1n) is 6.63. The van der Waals surface area contributed by atoms with Gasteiger partial charge in [-0.2, -0.15) is 0 Å². The molecule has 0 atom stereocenters. The molecular weight excluding hydrogens is 245 g/mol. The van der Waals surface area contributed by atoms with Crippen molar-refractivity contribution in [2.45, 2.75) is 32.0 Å². The summed E-state index contributed by atoms with van der Waals surface area (Å²) < 4.78 is 25.0. The molecule has 0 radical (unpaired) electrons. The van der Waals surface area contributed by atoms with E-state index in [1.807, 2.05) is 6.92 Å². The molecule has 1 saturated heterocycles. The normalized spacial score (nSPS) is 21.7. The van der Waals surface area contributed by atoms with Crippen molar-refractivity contribution in [2.24, 2.45) is 0 Å². The van der Waals surface area contributed by atoms with Gasteiger partial charge in [0.1, 0.15) is 5.82 Å². The zero-order valence-corrected chi connectivity index (χ0v) is 11.0. The van der Waals surface area contributed by atoms with Crippen LogP contribution in [-0.2, 0) is 9.47 Å². The number of hydrogen-bond acceptors (Lipinski definition) is 3. The molecule has 2 N–H and O–H groups in total. The van der Waals surface area contributed by atoms with Crippen LogP contribution in [0.15, 0.2) is 18.2 Å². The van der Waals surface area contributed by atoms with E-state index in [-0.39, 0.29) is 11.5 Å². The molecule has 0 bridgehead atoms. The predicted octanol–water partition coefficient (Wildman–Crippen LogP) is 3.03. The lowest BCUT2D eigenvalue weighted by molar-refractivity contribution is -0.159. The van der Waals surface area contributed by atoms with Crippen LogP contribution >= 0.6 is 0 Å². The first-order valence-corrected chi connectivity index (χ1v) is 6.63. The van der Waals surface area contributed by atoms with Crippen LogP contribution in [0.3, 0.4) is 0 Å². The largest absolute Gasteiger partial charge is 0.396 e. The molecule has 4 heteroatoms. The van der Waals surface area contributed by atoms with Gasteiger partial charge in [-0.05, 0) is 42.2 Å². The maximum Gasteiger partial charge on any atom is 0.172 e. The molecule has 1 spiro atoms. The highest BCUT2D eigenvalue weighted by atomic mass is 19.1. The van der Waals surface area contributed by atoms with E-state index in [2.05, 4.69) is 6.08 Å². The molecular formula is C15H18FNO2. The van der Waals surface area contributed by atoms with E-state index in [9.17, 15) is 4.39 Å². The van der Waals surface area contributed by atoms with Gasteiger partial charge in [0.05, 0.1) is 18.9 Å². The van der Waals surface area contributed by atoms with Gasteiger partial charge in [-0.3, -0.25) is 0 Å². The molecule has 3 rings (SSSR count). The summed E-state index contributed by atoms with van der Waals surface area (Å²) in [6.07, 6.45) is 4.50. The van der Waals surface area contributed by atoms with E-state index in [1.165, 1.54) is 6.07 Å². The van der Waals surface area contributed by atoms with Crippen LogP contribution < -0.4 is 5.73 Å². The topological polar surface area (TPSA) is 44.5 Å². The van der Waals surface area contributed by atoms with Crippen molar-refractivity contribution in [1.82, 2.24) is 0 Å². The zero-order chi connectivity index (χ0) is 13.5. The fourth-order valence-corrected chi connectivity index (χ4v) is 2.86. The van der Waals surface area contributed by atoms with Gasteiger partial charge < -0.3 is 15.2 Å². The number of rotatable bonds is 1. The number of anilines is 1. The van der Waals surface area contributed by atoms with Gasteiger partial charge in [-0.15, -0.1) is 0 Å². The number of allylic oxidation sites excluding steroid dienone is 1. The third-order valence-electron chi connectivity index (χ3n) is 3.94. The van der Waals surface area contributed by atoms with E-state index in [1.54, 1.807) is 6.07 Å². The minimum Gasteiger partial charge on any atom is -0.396 e. The third kappa shape index (κ3) is 2.26. The number of hydrogen-bond donors (Lipinski definition) is 1. The van der Waals surface area contributed by atoms with Gasteiger partial charge in [0.15, 0.2) is 5.79 Å². The maximum atomic E-state index is 13.6. The molecule has 0 aromatic heterocycles. The van der Waals surface area contributed by atoms with E-state index >= 15 is 0 Å². The monoisotopic (exact) mass is 263 g/mol. The second-order valence-electron chi connectivity index (χ2n) is 5.23. The lowest BCUT2D eigenvalue weighted by Gasteiger charge is -2.31. The summed E-state index contributed by atoms with van der Waals surface area (Å²) in [7, 11) is 0. The first kappa shape index (κ1) is 12.6. The van der Waals surface area contributed by atoms with Crippen LogP contribution in [0, 0.1) is 12.7 Å². The number of ether oxygens (including phenoxy) is 2. The minimum absolute atomic E-state index is 0.205. The van der Waals surface area contributed by atoms with Gasteiger partial charge in [0.2, 0.25) is 0 Å². The average Bonchev–Trinajstić information content (AvgIpc) is 2.84. The van der Waals surface area contributed by atoms with Crippen LogP contribution in [0.5, 0.6) is 0 Å². The summed E-state index contributed by atoms with van der Waals surface area (Å²) in [4.78, 5) is 0. The highest BCUT2D eigenvalue weighted by Crippen LogP contribution is 2.39. The van der Waals surface area contributed by atoms with E-state index in [0.29, 0.717) is 13.2 Å². The van der Waals surface area contributed by atoms with E-state index < -0.39 is 5.79 Å². The van der Waals surface area contributed by atoms with Crippen LogP contribution in [-0.4, -0.2) is 19.0 Å². The quantitative estimate of drug-likeness (QED) is 0.792. The van der Waals surface area contributed by atoms with E-state index in [0.717, 1.165) is 36.0 Å². The summed E-state index contributed by atoms with van der Waals surface area (Å²) in [5, 5.41) is 0. The molecule has 0 unspecified atom stereocenters. The van der Waals surface area contributed by atoms with Crippen LogP contribution in [0.4, 0.5) is 10.1 Å². The van der Waals surface area contributed by atoms with Crippen molar-refractivity contribution in [3.63, 3.8) is 0 Å². The minimum atomic E-state index is -0.427. The average molecular weight is 263 g/mol. The third-order valence-corrected chi connectivity index (χ3v) is 3.94. The lowest BCUT2D eigenvalue weighted by atomic mass is 9.88. The molecule has 1 aromatic rings. The van der Waals surface area contributed by atoms with Crippen LogP contribution in [0.1, 0.15) is 30.4 Å². The number of aryl methyl sites for hydroxylation is 1. The molecule has 1 fully saturated rings. The van der Waals surface area contributed by atoms with Crippen molar-refractivity contribution in [3.8, 4) is 0 Å². The standard InChI is InChI=1S/C15H18FNO2/c1-10-8-14(17)13(16)9-12(10)11-2-4-15(5-3-11)18-6-7-19-15/h2,8-9H,3-7,17H2,1H3. The Hall–Kier alpha value is -1.39. The number of nitrogen functional groups attached to an aromatic ring is 1. The molecule has 1 aliphatic carbocycles. The fourth-order valence-electron chi connectivity index (χ4n) is 2.86. The molecule has 0 amide bonds. The molecule has 1 aromatic carbocycles. The summed E-state index contributed by atoms with van der Waals surface area (Å²) in [5.74, 6) is -0.779. The van der Waals surface area contributed by atoms with Crippen molar-refractivity contribution in [3.05, 3.63) is 35.2 Å². The number of benzene rings is 1. The molecule has 19 heavy (non-hydrogen) atoms. The zero-order valence-electron chi connectivity index (χ0n) is 11.0. The van der Waals surface area contributed by atoms with Crippen molar-refractivity contribution in [2.75, 3.05) is 18.9 Å². The molecule has 2 aliphatic rings. The Bertz CT molecular complexity index is 533. The SMILES string of the molecule is Cc1cc(N)c(F)cc1C1=CCC2(CC1)OCCO2. The second kappa shape index (κ2) is 4.62. The Labute approximate surface area is 112 Å². The Morgan fingerprint density at radius 2 is 2.00 bits per heavy atom.